The van der Waals surface area contributed by atoms with E-state index in [-0.39, 0.29) is 5.56 Å². The highest BCUT2D eigenvalue weighted by molar-refractivity contribution is 6.17. The molecule has 0 atom stereocenters. The largest absolute Gasteiger partial charge is 0.545 e. The molecule has 14 heavy (non-hydrogen) atoms. The average Bonchev–Trinajstić information content (AvgIpc) is 2.21. The fraction of sp³-hybridized carbons (Fsp3) is 0.300. The Kier molecular flexibility index (Phi) is 7.89. The lowest BCUT2D eigenvalue weighted by atomic mass is 10.2. The Morgan fingerprint density at radius 3 is 2.14 bits per heavy atom. The van der Waals surface area contributed by atoms with Crippen LogP contribution in [-0.4, -0.2) is 18.4 Å². The van der Waals surface area contributed by atoms with Gasteiger partial charge >= 0.3 is 0 Å². The summed E-state index contributed by atoms with van der Waals surface area (Å²) in [7, 11) is 0. The second kappa shape index (κ2) is 8.53. The van der Waals surface area contributed by atoms with Gasteiger partial charge in [-0.05, 0) is 5.56 Å². The predicted octanol–water partition coefficient (Wildman–Crippen LogP) is -0.0927. The van der Waals surface area contributed by atoms with E-state index in [2.05, 4.69) is 5.73 Å². The summed E-state index contributed by atoms with van der Waals surface area (Å²) in [6.45, 7) is 0.962. The smallest absolute Gasteiger partial charge is 0.0751 e. The third kappa shape index (κ3) is 6.46. The van der Waals surface area contributed by atoms with Gasteiger partial charge < -0.3 is 15.6 Å². The number of rotatable bonds is 3. The van der Waals surface area contributed by atoms with Crippen molar-refractivity contribution in [3.05, 3.63) is 35.9 Å². The highest BCUT2D eigenvalue weighted by Crippen LogP contribution is 1.94. The molecule has 78 valence electrons. The molecule has 0 spiro atoms. The van der Waals surface area contributed by atoms with Gasteiger partial charge in [0.25, 0.3) is 0 Å². The van der Waals surface area contributed by atoms with Gasteiger partial charge in [-0.15, -0.1) is 11.6 Å². The number of hydrogen-bond donors (Lipinski definition) is 1. The van der Waals surface area contributed by atoms with Crippen LogP contribution in [0.4, 0.5) is 0 Å². The maximum absolute atomic E-state index is 10.1. The van der Waals surface area contributed by atoms with E-state index in [0.29, 0.717) is 0 Å². The van der Waals surface area contributed by atoms with E-state index in [1.165, 1.54) is 12.1 Å². The van der Waals surface area contributed by atoms with Crippen molar-refractivity contribution in [1.29, 1.82) is 0 Å². The van der Waals surface area contributed by atoms with Crippen LogP contribution in [0.25, 0.3) is 0 Å². The summed E-state index contributed by atoms with van der Waals surface area (Å²) in [6, 6.07) is 8.06. The van der Waals surface area contributed by atoms with Crippen molar-refractivity contribution in [3.63, 3.8) is 0 Å². The molecule has 1 aromatic rings. The quantitative estimate of drug-likeness (QED) is 0.716. The van der Waals surface area contributed by atoms with Gasteiger partial charge in [0, 0.05) is 12.3 Å². The molecular weight excluding hydrogens is 202 g/mol. The van der Waals surface area contributed by atoms with E-state index >= 15 is 0 Å². The van der Waals surface area contributed by atoms with E-state index in [4.69, 9.17) is 11.6 Å². The molecule has 4 heteroatoms. The maximum atomic E-state index is 10.1. The van der Waals surface area contributed by atoms with Crippen LogP contribution in [0.5, 0.6) is 0 Å². The molecule has 0 saturated heterocycles. The van der Waals surface area contributed by atoms with E-state index in [1.54, 1.807) is 18.2 Å². The van der Waals surface area contributed by atoms with Gasteiger partial charge in [0.1, 0.15) is 0 Å². The fourth-order valence-electron chi connectivity index (χ4n) is 0.669. The Bertz CT molecular complexity index is 250. The first-order chi connectivity index (χ1) is 6.72. The Balaban J connectivity index is 0.000000292. The van der Waals surface area contributed by atoms with Gasteiger partial charge in [0.15, 0.2) is 0 Å². The van der Waals surface area contributed by atoms with Gasteiger partial charge in [0.2, 0.25) is 0 Å². The summed E-state index contributed by atoms with van der Waals surface area (Å²) in [6.07, 6.45) is 1.04. The number of aromatic carboxylic acids is 1. The summed E-state index contributed by atoms with van der Waals surface area (Å²) in [4.78, 5) is 10.1. The second-order valence-corrected chi connectivity index (χ2v) is 2.93. The van der Waals surface area contributed by atoms with Gasteiger partial charge in [-0.1, -0.05) is 30.3 Å². The molecule has 0 saturated carbocycles. The van der Waals surface area contributed by atoms with Crippen molar-refractivity contribution >= 4 is 17.6 Å². The average molecular weight is 216 g/mol. The SMILES string of the molecule is O=C([O-])c1ccccc1.[NH3+]CCCCl. The van der Waals surface area contributed by atoms with Crippen molar-refractivity contribution in [2.75, 3.05) is 12.4 Å². The molecule has 0 unspecified atom stereocenters. The summed E-state index contributed by atoms with van der Waals surface area (Å²) in [5, 5.41) is 10.1. The number of halogens is 1. The summed E-state index contributed by atoms with van der Waals surface area (Å²) in [5.41, 5.74) is 3.81. The van der Waals surface area contributed by atoms with Crippen molar-refractivity contribution in [2.24, 2.45) is 0 Å². The van der Waals surface area contributed by atoms with Crippen LogP contribution >= 0.6 is 11.6 Å². The third-order valence-electron chi connectivity index (χ3n) is 1.39. The molecular formula is C10H14ClNO2. The van der Waals surface area contributed by atoms with Crippen molar-refractivity contribution in [1.82, 2.24) is 0 Å². The maximum Gasteiger partial charge on any atom is 0.0751 e. The highest BCUT2D eigenvalue weighted by atomic mass is 35.5. The Labute approximate surface area is 88.5 Å². The van der Waals surface area contributed by atoms with Crippen LogP contribution in [0.15, 0.2) is 30.3 Å². The van der Waals surface area contributed by atoms with Crippen LogP contribution in [0.2, 0.25) is 0 Å². The Morgan fingerprint density at radius 1 is 1.36 bits per heavy atom. The van der Waals surface area contributed by atoms with Gasteiger partial charge in [-0.3, -0.25) is 0 Å². The highest BCUT2D eigenvalue weighted by Gasteiger charge is 1.85. The summed E-state index contributed by atoms with van der Waals surface area (Å²) < 4.78 is 0. The number of benzene rings is 1. The molecule has 1 aromatic carbocycles. The standard InChI is InChI=1S/C7H6O2.C3H8ClN/c8-7(9)6-4-2-1-3-5-6;4-2-1-3-5/h1-5H,(H,8,9);1-3,5H2. The molecule has 0 aliphatic heterocycles. The van der Waals surface area contributed by atoms with Crippen molar-refractivity contribution < 1.29 is 15.6 Å². The summed E-state index contributed by atoms with van der Waals surface area (Å²) in [5.74, 6) is -0.376. The zero-order chi connectivity index (χ0) is 10.8. The first-order valence-electron chi connectivity index (χ1n) is 4.34. The molecule has 0 bridgehead atoms. The van der Waals surface area contributed by atoms with Gasteiger partial charge in [0.05, 0.1) is 12.5 Å². The molecule has 0 radical (unpaired) electrons. The topological polar surface area (TPSA) is 67.8 Å². The first kappa shape index (κ1) is 12.9. The number of carbonyl (C=O) groups excluding carboxylic acids is 1. The molecule has 0 aromatic heterocycles. The number of carbonyl (C=O) groups is 1. The minimum absolute atomic E-state index is 0.220. The third-order valence-corrected chi connectivity index (χ3v) is 1.66. The lowest BCUT2D eigenvalue weighted by Crippen LogP contribution is -2.50. The van der Waals surface area contributed by atoms with Crippen LogP contribution in [0.3, 0.4) is 0 Å². The number of alkyl halides is 1. The Hall–Kier alpha value is -1.06. The number of carboxylic acid groups (broad SMARTS) is 1. The molecule has 1 rings (SSSR count). The molecule has 0 aliphatic carbocycles. The lowest BCUT2D eigenvalue weighted by molar-refractivity contribution is -0.367. The molecule has 0 fully saturated rings. The minimum atomic E-state index is -1.13. The van der Waals surface area contributed by atoms with E-state index in [0.717, 1.165) is 18.8 Å². The summed E-state index contributed by atoms with van der Waals surface area (Å²) >= 11 is 5.26. The van der Waals surface area contributed by atoms with Crippen molar-refractivity contribution in [2.45, 2.75) is 6.42 Å². The zero-order valence-electron chi connectivity index (χ0n) is 7.91. The molecule has 3 nitrogen and oxygen atoms in total. The predicted molar refractivity (Wildman–Crippen MR) is 53.9 cm³/mol. The van der Waals surface area contributed by atoms with Crippen LogP contribution in [-0.2, 0) is 0 Å². The molecule has 0 aliphatic rings. The normalized spacial score (nSPS) is 8.71. The lowest BCUT2D eigenvalue weighted by Gasteiger charge is -1.97. The molecule has 0 heterocycles. The van der Waals surface area contributed by atoms with E-state index in [1.807, 2.05) is 0 Å². The van der Waals surface area contributed by atoms with Gasteiger partial charge in [-0.2, -0.15) is 0 Å². The van der Waals surface area contributed by atoms with Crippen LogP contribution in [0.1, 0.15) is 16.8 Å². The van der Waals surface area contributed by atoms with Crippen molar-refractivity contribution in [3.8, 4) is 0 Å². The Morgan fingerprint density at radius 2 is 1.93 bits per heavy atom. The number of hydrogen-bond acceptors (Lipinski definition) is 2. The number of quaternary nitrogens is 1. The number of carboxylic acids is 1. The molecule has 0 amide bonds. The second-order valence-electron chi connectivity index (χ2n) is 2.55. The van der Waals surface area contributed by atoms with Crippen LogP contribution < -0.4 is 10.8 Å². The van der Waals surface area contributed by atoms with E-state index < -0.39 is 5.97 Å². The monoisotopic (exact) mass is 215 g/mol. The zero-order valence-corrected chi connectivity index (χ0v) is 8.67. The van der Waals surface area contributed by atoms with Crippen LogP contribution in [0, 0.1) is 0 Å². The first-order valence-corrected chi connectivity index (χ1v) is 4.87. The fourth-order valence-corrected chi connectivity index (χ4v) is 0.858. The van der Waals surface area contributed by atoms with Gasteiger partial charge in [-0.25, -0.2) is 0 Å². The molecule has 3 N–H and O–H groups in total. The van der Waals surface area contributed by atoms with E-state index in [9.17, 15) is 9.90 Å². The minimum Gasteiger partial charge on any atom is -0.545 e.